The molecule has 0 saturated heterocycles. The average molecular weight is 471 g/mol. The molecule has 0 fully saturated rings. The van der Waals surface area contributed by atoms with Crippen molar-refractivity contribution < 1.29 is 23.4 Å². The molecule has 0 saturated carbocycles. The van der Waals surface area contributed by atoms with Gasteiger partial charge in [-0.25, -0.2) is 9.82 Å². The van der Waals surface area contributed by atoms with Crippen molar-refractivity contribution in [2.75, 3.05) is 13.2 Å². The van der Waals surface area contributed by atoms with E-state index in [1.807, 2.05) is 13.8 Å². The Morgan fingerprint density at radius 1 is 1.00 bits per heavy atom. The molecule has 0 bridgehead atoms. The third-order valence-corrected chi connectivity index (χ3v) is 4.72. The van der Waals surface area contributed by atoms with Crippen molar-refractivity contribution in [3.8, 4) is 17.2 Å². The molecule has 172 valence electrons. The van der Waals surface area contributed by atoms with Crippen LogP contribution in [0.1, 0.15) is 35.3 Å². The second-order valence-electron chi connectivity index (χ2n) is 6.83. The summed E-state index contributed by atoms with van der Waals surface area (Å²) in [5.41, 5.74) is 4.34. The van der Waals surface area contributed by atoms with Crippen molar-refractivity contribution in [2.24, 2.45) is 5.10 Å². The molecule has 0 unspecified atom stereocenters. The van der Waals surface area contributed by atoms with Gasteiger partial charge in [0.2, 0.25) is 0 Å². The summed E-state index contributed by atoms with van der Waals surface area (Å²) >= 11 is 6.41. The van der Waals surface area contributed by atoms with Crippen LogP contribution in [0.4, 0.5) is 4.39 Å². The first-order valence-electron chi connectivity index (χ1n) is 10.4. The van der Waals surface area contributed by atoms with Gasteiger partial charge in [0.25, 0.3) is 5.91 Å². The molecule has 6 nitrogen and oxygen atoms in total. The van der Waals surface area contributed by atoms with E-state index in [0.29, 0.717) is 46.6 Å². The minimum absolute atomic E-state index is 0.200. The van der Waals surface area contributed by atoms with Crippen LogP contribution in [0, 0.1) is 5.82 Å². The number of rotatable bonds is 10. The van der Waals surface area contributed by atoms with E-state index in [0.717, 1.165) is 5.56 Å². The Hall–Kier alpha value is -3.58. The maximum absolute atomic E-state index is 13.1. The molecular weight excluding hydrogens is 447 g/mol. The monoisotopic (exact) mass is 470 g/mol. The molecule has 0 radical (unpaired) electrons. The fourth-order valence-corrected chi connectivity index (χ4v) is 3.17. The van der Waals surface area contributed by atoms with E-state index in [4.69, 9.17) is 25.8 Å². The number of ether oxygens (including phenoxy) is 3. The minimum Gasteiger partial charge on any atom is -0.494 e. The van der Waals surface area contributed by atoms with E-state index in [1.165, 1.54) is 18.3 Å². The maximum Gasteiger partial charge on any atom is 0.271 e. The van der Waals surface area contributed by atoms with E-state index in [1.54, 1.807) is 48.5 Å². The van der Waals surface area contributed by atoms with Crippen LogP contribution in [-0.2, 0) is 6.61 Å². The molecule has 3 aromatic rings. The van der Waals surface area contributed by atoms with Crippen molar-refractivity contribution in [1.82, 2.24) is 5.43 Å². The lowest BCUT2D eigenvalue weighted by Crippen LogP contribution is -2.17. The molecule has 1 N–H and O–H groups in total. The lowest BCUT2D eigenvalue weighted by molar-refractivity contribution is 0.0955. The predicted octanol–water partition coefficient (Wildman–Crippen LogP) is 5.62. The zero-order valence-electron chi connectivity index (χ0n) is 18.3. The Balaban J connectivity index is 1.67. The number of nitrogens with zero attached hydrogens (tertiary/aromatic N) is 1. The summed E-state index contributed by atoms with van der Waals surface area (Å²) in [6, 6.07) is 16.1. The minimum atomic E-state index is -0.357. The number of halogens is 2. The van der Waals surface area contributed by atoms with Gasteiger partial charge in [-0.1, -0.05) is 23.7 Å². The standard InChI is InChI=1S/C25H24ClFN2O4/c1-3-31-21-11-7-19(8-12-21)25(30)29-28-15-18-13-22(26)24(23(14-18)32-4-2)33-16-17-5-9-20(27)10-6-17/h5-15H,3-4,16H2,1-2H3,(H,29,30)/b28-15+. The molecule has 0 aromatic heterocycles. The quantitative estimate of drug-likeness (QED) is 0.308. The van der Waals surface area contributed by atoms with E-state index in [2.05, 4.69) is 10.5 Å². The highest BCUT2D eigenvalue weighted by atomic mass is 35.5. The van der Waals surface area contributed by atoms with Crippen molar-refractivity contribution in [3.05, 3.63) is 88.2 Å². The summed E-state index contributed by atoms with van der Waals surface area (Å²) in [4.78, 5) is 12.3. The lowest BCUT2D eigenvalue weighted by atomic mass is 10.2. The number of carbonyl (C=O) groups is 1. The van der Waals surface area contributed by atoms with Crippen LogP contribution >= 0.6 is 11.6 Å². The van der Waals surface area contributed by atoms with Crippen molar-refractivity contribution in [3.63, 3.8) is 0 Å². The van der Waals surface area contributed by atoms with Crippen molar-refractivity contribution in [2.45, 2.75) is 20.5 Å². The number of amides is 1. The lowest BCUT2D eigenvalue weighted by Gasteiger charge is -2.14. The molecule has 33 heavy (non-hydrogen) atoms. The van der Waals surface area contributed by atoms with E-state index < -0.39 is 0 Å². The van der Waals surface area contributed by atoms with Gasteiger partial charge in [-0.15, -0.1) is 0 Å². The topological polar surface area (TPSA) is 69.2 Å². The van der Waals surface area contributed by atoms with E-state index in [9.17, 15) is 9.18 Å². The maximum atomic E-state index is 13.1. The van der Waals surface area contributed by atoms with Crippen LogP contribution in [-0.4, -0.2) is 25.3 Å². The molecule has 3 rings (SSSR count). The molecule has 0 aliphatic rings. The summed E-state index contributed by atoms with van der Waals surface area (Å²) in [7, 11) is 0. The first kappa shape index (κ1) is 24.1. The highest BCUT2D eigenvalue weighted by Gasteiger charge is 2.13. The Morgan fingerprint density at radius 2 is 1.70 bits per heavy atom. The number of hydrogen-bond acceptors (Lipinski definition) is 5. The highest BCUT2D eigenvalue weighted by molar-refractivity contribution is 6.32. The van der Waals surface area contributed by atoms with E-state index >= 15 is 0 Å². The molecule has 1 amide bonds. The Morgan fingerprint density at radius 3 is 2.36 bits per heavy atom. The predicted molar refractivity (Wildman–Crippen MR) is 126 cm³/mol. The number of hydrazone groups is 1. The third-order valence-electron chi connectivity index (χ3n) is 4.44. The van der Waals surface area contributed by atoms with Gasteiger partial charge in [0.1, 0.15) is 18.2 Å². The second-order valence-corrected chi connectivity index (χ2v) is 7.24. The highest BCUT2D eigenvalue weighted by Crippen LogP contribution is 2.37. The Kier molecular flexibility index (Phi) is 8.66. The zero-order valence-corrected chi connectivity index (χ0v) is 19.1. The molecule has 0 spiro atoms. The van der Waals surface area contributed by atoms with Gasteiger partial charge in [-0.2, -0.15) is 5.10 Å². The summed E-state index contributed by atoms with van der Waals surface area (Å²) in [6.07, 6.45) is 1.46. The number of carbonyl (C=O) groups excluding carboxylic acids is 1. The summed E-state index contributed by atoms with van der Waals surface area (Å²) in [5, 5.41) is 4.33. The molecule has 0 aliphatic heterocycles. The van der Waals surface area contributed by atoms with Gasteiger partial charge in [0.15, 0.2) is 11.5 Å². The smallest absolute Gasteiger partial charge is 0.271 e. The number of benzene rings is 3. The van der Waals surface area contributed by atoms with Crippen molar-refractivity contribution >= 4 is 23.7 Å². The summed E-state index contributed by atoms with van der Waals surface area (Å²) in [6.45, 7) is 4.89. The van der Waals surface area contributed by atoms with Gasteiger partial charge in [-0.3, -0.25) is 4.79 Å². The van der Waals surface area contributed by atoms with Gasteiger partial charge in [0, 0.05) is 5.56 Å². The van der Waals surface area contributed by atoms with Crippen molar-refractivity contribution in [1.29, 1.82) is 0 Å². The molecule has 3 aromatic carbocycles. The first-order chi connectivity index (χ1) is 16.0. The van der Waals surface area contributed by atoms with Crippen LogP contribution in [0.2, 0.25) is 5.02 Å². The molecule has 8 heteroatoms. The van der Waals surface area contributed by atoms with Crippen LogP contribution in [0.3, 0.4) is 0 Å². The number of nitrogens with one attached hydrogen (secondary N) is 1. The Labute approximate surface area is 196 Å². The summed E-state index contributed by atoms with van der Waals surface area (Å²) < 4.78 is 29.9. The summed E-state index contributed by atoms with van der Waals surface area (Å²) in [5.74, 6) is 0.830. The zero-order chi connectivity index (χ0) is 23.6. The van der Waals surface area contributed by atoms with Crippen LogP contribution in [0.5, 0.6) is 17.2 Å². The third kappa shape index (κ3) is 6.95. The number of hydrogen-bond donors (Lipinski definition) is 1. The average Bonchev–Trinajstić information content (AvgIpc) is 2.80. The van der Waals surface area contributed by atoms with Gasteiger partial charge < -0.3 is 14.2 Å². The van der Waals surface area contributed by atoms with Gasteiger partial charge in [-0.05, 0) is 73.5 Å². The Bertz CT molecular complexity index is 1100. The molecule has 0 atom stereocenters. The second kappa shape index (κ2) is 11.9. The van der Waals surface area contributed by atoms with Crippen LogP contribution in [0.15, 0.2) is 65.8 Å². The molecule has 0 aliphatic carbocycles. The normalized spacial score (nSPS) is 10.8. The van der Waals surface area contributed by atoms with Crippen LogP contribution in [0.25, 0.3) is 0 Å². The SMILES string of the molecule is CCOc1ccc(C(=O)N/N=C/c2cc(Cl)c(OCc3ccc(F)cc3)c(OCC)c2)cc1. The molecular formula is C25H24ClFN2O4. The largest absolute Gasteiger partial charge is 0.494 e. The molecule has 0 heterocycles. The van der Waals surface area contributed by atoms with Gasteiger partial charge in [0.05, 0.1) is 24.5 Å². The first-order valence-corrected chi connectivity index (χ1v) is 10.8. The fraction of sp³-hybridized carbons (Fsp3) is 0.200. The van der Waals surface area contributed by atoms with E-state index in [-0.39, 0.29) is 18.3 Å². The van der Waals surface area contributed by atoms with Gasteiger partial charge >= 0.3 is 0 Å². The fourth-order valence-electron chi connectivity index (χ4n) is 2.90. The van der Waals surface area contributed by atoms with Crippen LogP contribution < -0.4 is 19.6 Å².